The van der Waals surface area contributed by atoms with Crippen molar-refractivity contribution in [2.24, 2.45) is 5.11 Å². The van der Waals surface area contributed by atoms with Gasteiger partial charge in [0, 0.05) is 16.0 Å². The molecule has 0 atom stereocenters. The molecule has 0 saturated carbocycles. The minimum Gasteiger partial charge on any atom is -0.496 e. The quantitative estimate of drug-likeness (QED) is 0.477. The Morgan fingerprint density at radius 3 is 2.65 bits per heavy atom. The van der Waals surface area contributed by atoms with E-state index in [0.29, 0.717) is 11.5 Å². The topological polar surface area (TPSA) is 84.0 Å². The second kappa shape index (κ2) is 5.67. The molecule has 0 aliphatic heterocycles. The Morgan fingerprint density at radius 1 is 1.30 bits per heavy atom. The molecule has 0 aliphatic rings. The van der Waals surface area contributed by atoms with Crippen LogP contribution in [0.5, 0.6) is 5.75 Å². The van der Waals surface area contributed by atoms with Crippen molar-refractivity contribution < 1.29 is 9.26 Å². The molecule has 0 radical (unpaired) electrons. The minimum atomic E-state index is 0.206. The zero-order chi connectivity index (χ0) is 14.7. The Balaban J connectivity index is 2.62. The molecule has 0 aliphatic carbocycles. The molecule has 2 rings (SSSR count). The maximum Gasteiger partial charge on any atom is 0.137 e. The molecule has 1 aromatic heterocycles. The van der Waals surface area contributed by atoms with E-state index in [2.05, 4.69) is 15.2 Å². The molecule has 6 heteroatoms. The van der Waals surface area contributed by atoms with Gasteiger partial charge < -0.3 is 9.26 Å². The lowest BCUT2D eigenvalue weighted by atomic mass is 10.00. The van der Waals surface area contributed by atoms with Gasteiger partial charge in [0.25, 0.3) is 0 Å². The molecule has 0 N–H and O–H groups in total. The first kappa shape index (κ1) is 14.0. The molecule has 0 unspecified atom stereocenters. The number of hydrogen-bond donors (Lipinski definition) is 0. The van der Waals surface area contributed by atoms with Gasteiger partial charge in [0.2, 0.25) is 0 Å². The van der Waals surface area contributed by atoms with Gasteiger partial charge in [-0.3, -0.25) is 0 Å². The number of benzene rings is 1. The zero-order valence-electron chi connectivity index (χ0n) is 12.0. The standard InChI is InChI=1S/C14H16N4O2/c1-8-5-11(13(19-4)6-9(8)2)14-12(7-16-18-15)10(3)20-17-14/h5-6H,7H2,1-4H3. The summed E-state index contributed by atoms with van der Waals surface area (Å²) in [6.07, 6.45) is 0. The van der Waals surface area contributed by atoms with Crippen LogP contribution in [0.4, 0.5) is 0 Å². The minimum absolute atomic E-state index is 0.206. The summed E-state index contributed by atoms with van der Waals surface area (Å²) in [5.74, 6) is 1.37. The van der Waals surface area contributed by atoms with Gasteiger partial charge in [-0.2, -0.15) is 0 Å². The maximum atomic E-state index is 8.48. The summed E-state index contributed by atoms with van der Waals surface area (Å²) in [5.41, 5.74) is 13.0. The summed E-state index contributed by atoms with van der Waals surface area (Å²) in [6, 6.07) is 3.97. The third-order valence-corrected chi connectivity index (χ3v) is 3.35. The highest BCUT2D eigenvalue weighted by Gasteiger charge is 2.18. The van der Waals surface area contributed by atoms with Crippen LogP contribution < -0.4 is 4.74 Å². The van der Waals surface area contributed by atoms with E-state index in [1.54, 1.807) is 14.0 Å². The lowest BCUT2D eigenvalue weighted by Gasteiger charge is -2.10. The number of methoxy groups -OCH3 is 1. The first-order chi connectivity index (χ1) is 9.58. The first-order valence-corrected chi connectivity index (χ1v) is 6.20. The number of nitrogens with zero attached hydrogens (tertiary/aromatic N) is 4. The molecule has 104 valence electrons. The van der Waals surface area contributed by atoms with E-state index < -0.39 is 0 Å². The molecule has 6 nitrogen and oxygen atoms in total. The van der Waals surface area contributed by atoms with Crippen LogP contribution >= 0.6 is 0 Å². The molecule has 0 amide bonds. The van der Waals surface area contributed by atoms with Crippen LogP contribution in [0.2, 0.25) is 0 Å². The largest absolute Gasteiger partial charge is 0.496 e. The van der Waals surface area contributed by atoms with Crippen LogP contribution in [0, 0.1) is 20.8 Å². The van der Waals surface area contributed by atoms with Gasteiger partial charge in [0.15, 0.2) is 0 Å². The van der Waals surface area contributed by atoms with Gasteiger partial charge >= 0.3 is 0 Å². The molecule has 1 heterocycles. The van der Waals surface area contributed by atoms with Crippen LogP contribution in [0.15, 0.2) is 21.8 Å². The molecule has 0 fully saturated rings. The maximum absolute atomic E-state index is 8.48. The van der Waals surface area contributed by atoms with Gasteiger partial charge in [-0.1, -0.05) is 10.3 Å². The fourth-order valence-electron chi connectivity index (χ4n) is 2.03. The Bertz CT molecular complexity index is 685. The number of hydrogen-bond acceptors (Lipinski definition) is 4. The van der Waals surface area contributed by atoms with Gasteiger partial charge in [-0.15, -0.1) is 0 Å². The Kier molecular flexibility index (Phi) is 3.96. The normalized spacial score (nSPS) is 10.2. The number of ether oxygens (including phenoxy) is 1. The highest BCUT2D eigenvalue weighted by molar-refractivity contribution is 5.71. The van der Waals surface area contributed by atoms with E-state index in [1.165, 1.54) is 0 Å². The van der Waals surface area contributed by atoms with Gasteiger partial charge in [-0.05, 0) is 49.6 Å². The second-order valence-corrected chi connectivity index (χ2v) is 4.59. The highest BCUT2D eigenvalue weighted by Crippen LogP contribution is 2.35. The Hall–Kier alpha value is -2.46. The van der Waals surface area contributed by atoms with E-state index in [9.17, 15) is 0 Å². The summed E-state index contributed by atoms with van der Waals surface area (Å²) in [7, 11) is 1.62. The van der Waals surface area contributed by atoms with Crippen LogP contribution in [0.3, 0.4) is 0 Å². The van der Waals surface area contributed by atoms with Crippen molar-refractivity contribution in [3.8, 4) is 17.0 Å². The van der Waals surface area contributed by atoms with E-state index >= 15 is 0 Å². The molecule has 0 bridgehead atoms. The van der Waals surface area contributed by atoms with Gasteiger partial charge in [0.05, 0.1) is 13.7 Å². The Labute approximate surface area is 117 Å². The lowest BCUT2D eigenvalue weighted by Crippen LogP contribution is -1.94. The zero-order valence-corrected chi connectivity index (χ0v) is 12.0. The first-order valence-electron chi connectivity index (χ1n) is 6.20. The van der Waals surface area contributed by atoms with Crippen molar-refractivity contribution in [1.29, 1.82) is 0 Å². The predicted molar refractivity (Wildman–Crippen MR) is 75.6 cm³/mol. The fraction of sp³-hybridized carbons (Fsp3) is 0.357. The summed E-state index contributed by atoms with van der Waals surface area (Å²) in [6.45, 7) is 6.05. The van der Waals surface area contributed by atoms with E-state index in [1.807, 2.05) is 26.0 Å². The second-order valence-electron chi connectivity index (χ2n) is 4.59. The number of aromatic nitrogens is 1. The molecule has 0 spiro atoms. The van der Waals surface area contributed by atoms with Crippen LogP contribution in [-0.4, -0.2) is 12.3 Å². The van der Waals surface area contributed by atoms with Crippen molar-refractivity contribution in [1.82, 2.24) is 5.16 Å². The third kappa shape index (κ3) is 2.46. The van der Waals surface area contributed by atoms with E-state index in [0.717, 1.165) is 28.0 Å². The average molecular weight is 272 g/mol. The van der Waals surface area contributed by atoms with E-state index in [4.69, 9.17) is 14.8 Å². The molecule has 1 aromatic carbocycles. The smallest absolute Gasteiger partial charge is 0.137 e. The monoisotopic (exact) mass is 272 g/mol. The average Bonchev–Trinajstić information content (AvgIpc) is 2.80. The van der Waals surface area contributed by atoms with Crippen molar-refractivity contribution in [3.63, 3.8) is 0 Å². The van der Waals surface area contributed by atoms with Crippen LogP contribution in [0.1, 0.15) is 22.5 Å². The highest BCUT2D eigenvalue weighted by atomic mass is 16.5. The summed E-state index contributed by atoms with van der Waals surface area (Å²) in [5, 5.41) is 7.68. The lowest BCUT2D eigenvalue weighted by molar-refractivity contribution is 0.396. The van der Waals surface area contributed by atoms with Gasteiger partial charge in [-0.25, -0.2) is 0 Å². The van der Waals surface area contributed by atoms with Gasteiger partial charge in [0.1, 0.15) is 17.2 Å². The van der Waals surface area contributed by atoms with Crippen molar-refractivity contribution in [2.45, 2.75) is 27.3 Å². The third-order valence-electron chi connectivity index (χ3n) is 3.35. The number of aryl methyl sites for hydroxylation is 3. The molecule has 2 aromatic rings. The summed E-state index contributed by atoms with van der Waals surface area (Å²) >= 11 is 0. The number of rotatable bonds is 4. The fourth-order valence-corrected chi connectivity index (χ4v) is 2.03. The Morgan fingerprint density at radius 2 is 2.00 bits per heavy atom. The molecular formula is C14H16N4O2. The number of azide groups is 1. The predicted octanol–water partition coefficient (Wildman–Crippen LogP) is 4.09. The van der Waals surface area contributed by atoms with Crippen LogP contribution in [-0.2, 0) is 6.54 Å². The molecule has 20 heavy (non-hydrogen) atoms. The SMILES string of the molecule is COc1cc(C)c(C)cc1-c1noc(C)c1CN=[N+]=[N-]. The van der Waals surface area contributed by atoms with Crippen molar-refractivity contribution in [3.05, 3.63) is 45.0 Å². The van der Waals surface area contributed by atoms with E-state index in [-0.39, 0.29) is 6.54 Å². The molecule has 0 saturated heterocycles. The van der Waals surface area contributed by atoms with Crippen molar-refractivity contribution in [2.75, 3.05) is 7.11 Å². The summed E-state index contributed by atoms with van der Waals surface area (Å²) < 4.78 is 10.6. The van der Waals surface area contributed by atoms with Crippen LogP contribution in [0.25, 0.3) is 21.7 Å². The summed E-state index contributed by atoms with van der Waals surface area (Å²) in [4.78, 5) is 2.79. The van der Waals surface area contributed by atoms with Crippen molar-refractivity contribution >= 4 is 0 Å². The molecular weight excluding hydrogens is 256 g/mol.